The number of aryl methyl sites for hydroxylation is 2. The Labute approximate surface area is 167 Å². The zero-order valence-corrected chi connectivity index (χ0v) is 16.3. The van der Waals surface area contributed by atoms with Gasteiger partial charge in [0.15, 0.2) is 5.13 Å². The number of likely N-dealkylation sites (tertiary alicyclic amines) is 1. The van der Waals surface area contributed by atoms with E-state index in [-0.39, 0.29) is 11.8 Å². The maximum absolute atomic E-state index is 12.9. The Morgan fingerprint density at radius 1 is 1.25 bits per heavy atom. The van der Waals surface area contributed by atoms with Gasteiger partial charge in [0.1, 0.15) is 6.04 Å². The molecular formula is C21H22N4O2S. The molecule has 3 heterocycles. The van der Waals surface area contributed by atoms with Gasteiger partial charge >= 0.3 is 0 Å². The summed E-state index contributed by atoms with van der Waals surface area (Å²) in [6, 6.07) is 7.57. The number of amides is 2. The number of aromatic amines is 1. The van der Waals surface area contributed by atoms with Crippen LogP contribution in [0.2, 0.25) is 0 Å². The number of fused-ring (bicyclic) bond motifs is 2. The largest absolute Gasteiger partial charge is 0.361 e. The SMILES string of the molecule is O=C(Nc1nc2c(s1)CCCC2)C1CCC(=O)N1Cc1c[nH]c2ccccc12. The van der Waals surface area contributed by atoms with Crippen molar-refractivity contribution in [1.82, 2.24) is 14.9 Å². The molecule has 1 aromatic carbocycles. The Bertz CT molecular complexity index is 1030. The lowest BCUT2D eigenvalue weighted by Gasteiger charge is -2.23. The molecule has 1 aliphatic carbocycles. The molecule has 3 aromatic rings. The molecule has 1 saturated heterocycles. The summed E-state index contributed by atoms with van der Waals surface area (Å²) in [5, 5.41) is 4.74. The molecule has 7 heteroatoms. The second kappa shape index (κ2) is 7.05. The van der Waals surface area contributed by atoms with E-state index >= 15 is 0 Å². The highest BCUT2D eigenvalue weighted by Gasteiger charge is 2.36. The number of H-pyrrole nitrogens is 1. The van der Waals surface area contributed by atoms with Crippen molar-refractivity contribution in [3.05, 3.63) is 46.6 Å². The molecule has 0 bridgehead atoms. The van der Waals surface area contributed by atoms with Crippen LogP contribution in [-0.4, -0.2) is 32.7 Å². The predicted molar refractivity (Wildman–Crippen MR) is 109 cm³/mol. The minimum absolute atomic E-state index is 0.0314. The van der Waals surface area contributed by atoms with Crippen LogP contribution in [0.15, 0.2) is 30.5 Å². The smallest absolute Gasteiger partial charge is 0.248 e. The first-order valence-electron chi connectivity index (χ1n) is 9.83. The summed E-state index contributed by atoms with van der Waals surface area (Å²) in [5.74, 6) is -0.0966. The van der Waals surface area contributed by atoms with Crippen LogP contribution in [0, 0.1) is 0 Å². The van der Waals surface area contributed by atoms with E-state index in [0.29, 0.717) is 24.5 Å². The molecule has 2 amide bonds. The molecule has 28 heavy (non-hydrogen) atoms. The third-order valence-electron chi connectivity index (χ3n) is 5.72. The van der Waals surface area contributed by atoms with Crippen molar-refractivity contribution in [3.8, 4) is 0 Å². The van der Waals surface area contributed by atoms with Gasteiger partial charge in [0.05, 0.1) is 5.69 Å². The number of carbonyl (C=O) groups is 2. The summed E-state index contributed by atoms with van der Waals surface area (Å²) in [7, 11) is 0. The highest BCUT2D eigenvalue weighted by Crippen LogP contribution is 2.31. The van der Waals surface area contributed by atoms with Crippen LogP contribution in [-0.2, 0) is 29.0 Å². The number of carbonyl (C=O) groups excluding carboxylic acids is 2. The zero-order valence-electron chi connectivity index (χ0n) is 15.5. The Kier molecular flexibility index (Phi) is 4.39. The van der Waals surface area contributed by atoms with Gasteiger partial charge in [-0.25, -0.2) is 4.98 Å². The first-order chi connectivity index (χ1) is 13.7. The van der Waals surface area contributed by atoms with Gasteiger partial charge in [0, 0.05) is 34.9 Å². The lowest BCUT2D eigenvalue weighted by molar-refractivity contribution is -0.133. The van der Waals surface area contributed by atoms with Crippen molar-refractivity contribution in [2.24, 2.45) is 0 Å². The maximum Gasteiger partial charge on any atom is 0.248 e. The van der Waals surface area contributed by atoms with Crippen molar-refractivity contribution in [2.45, 2.75) is 51.1 Å². The van der Waals surface area contributed by atoms with Crippen molar-refractivity contribution >= 4 is 39.2 Å². The molecule has 2 N–H and O–H groups in total. The van der Waals surface area contributed by atoms with E-state index in [1.54, 1.807) is 16.2 Å². The van der Waals surface area contributed by atoms with Crippen LogP contribution in [0.5, 0.6) is 0 Å². The van der Waals surface area contributed by atoms with Crippen molar-refractivity contribution in [3.63, 3.8) is 0 Å². The summed E-state index contributed by atoms with van der Waals surface area (Å²) in [5.41, 5.74) is 3.21. The fourth-order valence-corrected chi connectivity index (χ4v) is 5.30. The van der Waals surface area contributed by atoms with Crippen LogP contribution in [0.25, 0.3) is 10.9 Å². The van der Waals surface area contributed by atoms with E-state index in [1.807, 2.05) is 30.5 Å². The number of hydrogen-bond donors (Lipinski definition) is 2. The average Bonchev–Trinajstić information content (AvgIpc) is 3.39. The summed E-state index contributed by atoms with van der Waals surface area (Å²) < 4.78 is 0. The molecule has 1 atom stereocenters. The molecule has 0 spiro atoms. The van der Waals surface area contributed by atoms with Crippen molar-refractivity contribution in [1.29, 1.82) is 0 Å². The number of rotatable bonds is 4. The first kappa shape index (κ1) is 17.4. The molecule has 1 unspecified atom stereocenters. The van der Waals surface area contributed by atoms with Crippen LogP contribution in [0.4, 0.5) is 5.13 Å². The van der Waals surface area contributed by atoms with Crippen molar-refractivity contribution in [2.75, 3.05) is 5.32 Å². The van der Waals surface area contributed by atoms with Gasteiger partial charge in [-0.15, -0.1) is 11.3 Å². The molecule has 144 valence electrons. The highest BCUT2D eigenvalue weighted by molar-refractivity contribution is 7.15. The average molecular weight is 395 g/mol. The summed E-state index contributed by atoms with van der Waals surface area (Å²) in [6.45, 7) is 0.440. The number of thiazole rings is 1. The van der Waals surface area contributed by atoms with Gasteiger partial charge in [0.2, 0.25) is 11.8 Å². The number of hydrogen-bond acceptors (Lipinski definition) is 4. The lowest BCUT2D eigenvalue weighted by Crippen LogP contribution is -2.41. The molecule has 2 aromatic heterocycles. The maximum atomic E-state index is 12.9. The lowest BCUT2D eigenvalue weighted by atomic mass is 10.0. The number of para-hydroxylation sites is 1. The highest BCUT2D eigenvalue weighted by atomic mass is 32.1. The van der Waals surface area contributed by atoms with Crippen LogP contribution >= 0.6 is 11.3 Å². The molecule has 1 aliphatic heterocycles. The van der Waals surface area contributed by atoms with E-state index in [0.717, 1.165) is 35.0 Å². The molecule has 5 rings (SSSR count). The van der Waals surface area contributed by atoms with Crippen LogP contribution < -0.4 is 5.32 Å². The number of nitrogens with zero attached hydrogens (tertiary/aromatic N) is 2. The number of nitrogens with one attached hydrogen (secondary N) is 2. The summed E-state index contributed by atoms with van der Waals surface area (Å²) in [6.07, 6.45) is 7.30. The predicted octanol–water partition coefficient (Wildman–Crippen LogP) is 3.63. The van der Waals surface area contributed by atoms with Crippen molar-refractivity contribution < 1.29 is 9.59 Å². The minimum atomic E-state index is -0.443. The molecule has 1 fully saturated rings. The third-order valence-corrected chi connectivity index (χ3v) is 6.80. The molecule has 0 radical (unpaired) electrons. The number of anilines is 1. The number of aromatic nitrogens is 2. The Hall–Kier alpha value is -2.67. The van der Waals surface area contributed by atoms with Gasteiger partial charge in [-0.1, -0.05) is 18.2 Å². The summed E-state index contributed by atoms with van der Waals surface area (Å²) in [4.78, 5) is 36.3. The Morgan fingerprint density at radius 3 is 3.00 bits per heavy atom. The third kappa shape index (κ3) is 3.09. The zero-order chi connectivity index (χ0) is 19.1. The van der Waals surface area contributed by atoms with E-state index < -0.39 is 6.04 Å². The van der Waals surface area contributed by atoms with E-state index in [9.17, 15) is 9.59 Å². The van der Waals surface area contributed by atoms with Gasteiger partial charge in [-0.3, -0.25) is 9.59 Å². The van der Waals surface area contributed by atoms with E-state index in [2.05, 4.69) is 15.3 Å². The second-order valence-electron chi connectivity index (χ2n) is 7.52. The Balaban J connectivity index is 1.34. The van der Waals surface area contributed by atoms with E-state index in [1.165, 1.54) is 17.7 Å². The van der Waals surface area contributed by atoms with Crippen LogP contribution in [0.3, 0.4) is 0 Å². The summed E-state index contributed by atoms with van der Waals surface area (Å²) >= 11 is 1.58. The van der Waals surface area contributed by atoms with Gasteiger partial charge in [-0.05, 0) is 43.7 Å². The molecule has 2 aliphatic rings. The number of benzene rings is 1. The fraction of sp³-hybridized carbons (Fsp3) is 0.381. The first-order valence-corrected chi connectivity index (χ1v) is 10.6. The van der Waals surface area contributed by atoms with Gasteiger partial charge in [-0.2, -0.15) is 0 Å². The standard InChI is InChI=1S/C21H22N4O2S/c26-19-10-9-17(20(27)24-21-23-16-7-3-4-8-18(16)28-21)25(19)12-13-11-22-15-6-2-1-5-14(13)15/h1-2,5-6,11,17,22H,3-4,7-10,12H2,(H,23,24,27). The van der Waals surface area contributed by atoms with Crippen LogP contribution in [0.1, 0.15) is 41.8 Å². The molecule has 6 nitrogen and oxygen atoms in total. The normalized spacial score (nSPS) is 19.2. The molecule has 0 saturated carbocycles. The van der Waals surface area contributed by atoms with E-state index in [4.69, 9.17) is 0 Å². The van der Waals surface area contributed by atoms with Gasteiger partial charge < -0.3 is 15.2 Å². The minimum Gasteiger partial charge on any atom is -0.361 e. The Morgan fingerprint density at radius 2 is 2.11 bits per heavy atom. The topological polar surface area (TPSA) is 78.1 Å². The second-order valence-corrected chi connectivity index (χ2v) is 8.60. The van der Waals surface area contributed by atoms with Gasteiger partial charge in [0.25, 0.3) is 0 Å². The quantitative estimate of drug-likeness (QED) is 0.709. The fourth-order valence-electron chi connectivity index (χ4n) is 4.24. The monoisotopic (exact) mass is 394 g/mol. The molecular weight excluding hydrogens is 372 g/mol.